The van der Waals surface area contributed by atoms with Gasteiger partial charge in [0, 0.05) is 12.9 Å². The molecule has 212 valence electrons. The molecule has 38 heavy (non-hydrogen) atoms. The molecule has 2 fully saturated rings. The Labute approximate surface area is 232 Å². The highest BCUT2D eigenvalue weighted by Gasteiger charge is 2.32. The second kappa shape index (κ2) is 17.3. The fourth-order valence-corrected chi connectivity index (χ4v) is 4.33. The molecule has 0 saturated carbocycles. The van der Waals surface area contributed by atoms with Gasteiger partial charge in [-0.05, 0) is 63.1 Å². The lowest BCUT2D eigenvalue weighted by Gasteiger charge is -2.32. The van der Waals surface area contributed by atoms with Crippen molar-refractivity contribution < 1.29 is 35.3 Å². The predicted molar refractivity (Wildman–Crippen MR) is 152 cm³/mol. The second-order valence-electron chi connectivity index (χ2n) is 9.77. The Bertz CT molecular complexity index is 928. The molecule has 7 nitrogen and oxygen atoms in total. The SMILES string of the molecule is C.C=C(C)[C@@H]1CCC(C)=C[C@H]1c1c(O)cc(CCCCC)cc1OC(=O)OCC1CO1.OCC1CO1.[2H]C[B]. The molecule has 0 bridgehead atoms. The first-order chi connectivity index (χ1) is 18.2. The molecule has 1 aliphatic carbocycles. The van der Waals surface area contributed by atoms with Gasteiger partial charge in [0.2, 0.25) is 0 Å². The molecule has 2 unspecified atom stereocenters. The van der Waals surface area contributed by atoms with E-state index in [0.717, 1.165) is 56.3 Å². The van der Waals surface area contributed by atoms with Crippen molar-refractivity contribution in [1.29, 1.82) is 0 Å². The molecule has 0 spiro atoms. The van der Waals surface area contributed by atoms with Gasteiger partial charge in [-0.15, -0.1) is 0 Å². The van der Waals surface area contributed by atoms with Gasteiger partial charge in [-0.3, -0.25) is 0 Å². The summed E-state index contributed by atoms with van der Waals surface area (Å²) in [6, 6.07) is 3.70. The number of carbonyl (C=O) groups excluding carboxylic acids is 1. The first-order valence-electron chi connectivity index (χ1n) is 13.8. The molecule has 4 atom stereocenters. The molecule has 1 aromatic rings. The number of hydrogen-bond donors (Lipinski definition) is 2. The van der Waals surface area contributed by atoms with E-state index in [0.29, 0.717) is 17.9 Å². The van der Waals surface area contributed by atoms with Crippen LogP contribution in [0.25, 0.3) is 0 Å². The van der Waals surface area contributed by atoms with E-state index in [1.54, 1.807) is 0 Å². The van der Waals surface area contributed by atoms with Crippen LogP contribution in [-0.2, 0) is 20.6 Å². The highest BCUT2D eigenvalue weighted by molar-refractivity contribution is 6.05. The zero-order valence-electron chi connectivity index (χ0n) is 23.5. The lowest BCUT2D eigenvalue weighted by Crippen LogP contribution is -2.20. The maximum atomic E-state index is 12.3. The summed E-state index contributed by atoms with van der Waals surface area (Å²) in [4.78, 5) is 12.3. The van der Waals surface area contributed by atoms with E-state index in [9.17, 15) is 9.90 Å². The average Bonchev–Trinajstić information content (AvgIpc) is 3.78. The molecule has 2 saturated heterocycles. The van der Waals surface area contributed by atoms with Crippen LogP contribution in [0.2, 0.25) is 6.80 Å². The lowest BCUT2D eigenvalue weighted by atomic mass is 9.73. The highest BCUT2D eigenvalue weighted by atomic mass is 16.7. The van der Waals surface area contributed by atoms with Gasteiger partial charge in [0.05, 0.1) is 27.7 Å². The minimum atomic E-state index is -0.764. The Morgan fingerprint density at radius 3 is 2.45 bits per heavy atom. The number of hydrogen-bond acceptors (Lipinski definition) is 7. The number of unbranched alkanes of at least 4 members (excludes halogenated alkanes) is 2. The van der Waals surface area contributed by atoms with E-state index < -0.39 is 6.16 Å². The third kappa shape index (κ3) is 11.2. The number of aryl methyl sites for hydroxylation is 1. The van der Waals surface area contributed by atoms with Crippen molar-refractivity contribution in [2.75, 3.05) is 26.4 Å². The van der Waals surface area contributed by atoms with Crippen molar-refractivity contribution in [3.63, 3.8) is 0 Å². The van der Waals surface area contributed by atoms with E-state index in [4.69, 9.17) is 20.7 Å². The van der Waals surface area contributed by atoms with Gasteiger partial charge in [-0.2, -0.15) is 0 Å². The maximum Gasteiger partial charge on any atom is 0.513 e. The maximum absolute atomic E-state index is 12.3. The lowest BCUT2D eigenvalue weighted by molar-refractivity contribution is 0.0913. The Hall–Kier alpha value is -2.29. The van der Waals surface area contributed by atoms with Crippen LogP contribution in [0.15, 0.2) is 35.9 Å². The van der Waals surface area contributed by atoms with Crippen molar-refractivity contribution >= 4 is 14.0 Å². The first kappa shape index (κ1) is 31.9. The van der Waals surface area contributed by atoms with Crippen LogP contribution in [0.1, 0.15) is 78.7 Å². The summed E-state index contributed by atoms with van der Waals surface area (Å²) in [7, 11) is 4.51. The Balaban J connectivity index is 0.000000733. The van der Waals surface area contributed by atoms with Gasteiger partial charge in [0.1, 0.15) is 30.3 Å². The van der Waals surface area contributed by atoms with Crippen molar-refractivity contribution in [3.05, 3.63) is 47.1 Å². The van der Waals surface area contributed by atoms with Crippen LogP contribution >= 0.6 is 0 Å². The zero-order chi connectivity index (χ0) is 28.1. The standard InChI is InChI=1S/C25H34O5.C3H6O2.CH3B.CH4/c1-5-6-7-8-18-12-22(26)24(21-11-17(4)9-10-20(21)16(2)3)23(13-18)30-25(27)29-15-19-14-28-19;4-1-3-2-5-3;1-2;/h11-13,19-21,26H,2,5-10,14-15H2,1,3-4H3;3-4H,1-2H2;1H3;1H4/t19?,20-,21+;;;/m0.../s1/i;;1D;. The third-order valence-electron chi connectivity index (χ3n) is 6.55. The molecule has 2 N–H and O–H groups in total. The minimum absolute atomic E-state index is 0. The molecule has 0 aromatic heterocycles. The summed E-state index contributed by atoms with van der Waals surface area (Å²) >= 11 is 0. The number of allylic oxidation sites excluding steroid dienone is 3. The molecule has 2 radical (unpaired) electrons. The van der Waals surface area contributed by atoms with E-state index in [1.165, 1.54) is 5.57 Å². The molecule has 2 heterocycles. The Morgan fingerprint density at radius 1 is 1.26 bits per heavy atom. The predicted octanol–water partition coefficient (Wildman–Crippen LogP) is 6.27. The van der Waals surface area contributed by atoms with E-state index in [2.05, 4.69) is 39.1 Å². The number of aliphatic hydroxyl groups excluding tert-OH is 1. The van der Waals surface area contributed by atoms with Crippen LogP contribution in [-0.4, -0.2) is 62.9 Å². The van der Waals surface area contributed by atoms with Gasteiger partial charge in [-0.25, -0.2) is 4.79 Å². The molecule has 1 aromatic carbocycles. The van der Waals surface area contributed by atoms with E-state index in [1.807, 2.05) is 19.1 Å². The van der Waals surface area contributed by atoms with Gasteiger partial charge >= 0.3 is 6.16 Å². The third-order valence-corrected chi connectivity index (χ3v) is 6.55. The summed E-state index contributed by atoms with van der Waals surface area (Å²) in [6.45, 7) is 12.2. The molecular formula is C30H47BO7. The van der Waals surface area contributed by atoms with Crippen LogP contribution < -0.4 is 4.74 Å². The van der Waals surface area contributed by atoms with Gasteiger partial charge in [-0.1, -0.05) is 57.8 Å². The Morgan fingerprint density at radius 2 is 1.92 bits per heavy atom. The molecule has 3 aliphatic rings. The number of rotatable bonds is 10. The van der Waals surface area contributed by atoms with Crippen molar-refractivity contribution in [2.24, 2.45) is 5.92 Å². The number of phenolic OH excluding ortho intramolecular Hbond substituents is 1. The van der Waals surface area contributed by atoms with Gasteiger partial charge < -0.3 is 29.2 Å². The second-order valence-corrected chi connectivity index (χ2v) is 9.77. The topological polar surface area (TPSA) is 101 Å². The van der Waals surface area contributed by atoms with Crippen molar-refractivity contribution in [1.82, 2.24) is 0 Å². The van der Waals surface area contributed by atoms with Gasteiger partial charge in [0.25, 0.3) is 0 Å². The fourth-order valence-electron chi connectivity index (χ4n) is 4.33. The molecule has 4 rings (SSSR count). The number of benzene rings is 1. The van der Waals surface area contributed by atoms with Crippen LogP contribution in [0, 0.1) is 5.92 Å². The number of carbonyl (C=O) groups is 1. The quantitative estimate of drug-likeness (QED) is 0.0916. The molecule has 2 aliphatic heterocycles. The van der Waals surface area contributed by atoms with Crippen LogP contribution in [0.5, 0.6) is 11.5 Å². The minimum Gasteiger partial charge on any atom is -0.507 e. The smallest absolute Gasteiger partial charge is 0.507 e. The number of aromatic hydroxyl groups is 1. The van der Waals surface area contributed by atoms with Crippen LogP contribution in [0.4, 0.5) is 4.79 Å². The van der Waals surface area contributed by atoms with E-state index in [-0.39, 0.29) is 57.2 Å². The molecule has 8 heteroatoms. The van der Waals surface area contributed by atoms with Crippen molar-refractivity contribution in [2.45, 2.75) is 91.6 Å². The average molecular weight is 532 g/mol. The number of aliphatic hydroxyl groups is 1. The number of epoxide rings is 2. The summed E-state index contributed by atoms with van der Waals surface area (Å²) < 4.78 is 26.5. The summed E-state index contributed by atoms with van der Waals surface area (Å²) in [5, 5.41) is 19.1. The van der Waals surface area contributed by atoms with Crippen LogP contribution in [0.3, 0.4) is 0 Å². The summed E-state index contributed by atoms with van der Waals surface area (Å²) in [5.41, 5.74) is 3.93. The first-order valence-corrected chi connectivity index (χ1v) is 13.1. The normalized spacial score (nSPS) is 23.1. The van der Waals surface area contributed by atoms with Crippen molar-refractivity contribution in [3.8, 4) is 11.5 Å². The van der Waals surface area contributed by atoms with Gasteiger partial charge in [0.15, 0.2) is 0 Å². The molecular weight excluding hydrogens is 483 g/mol. The van der Waals surface area contributed by atoms with E-state index >= 15 is 0 Å². The zero-order valence-corrected chi connectivity index (χ0v) is 22.5. The summed E-state index contributed by atoms with van der Waals surface area (Å²) in [6.07, 6.45) is 7.62. The number of phenols is 1. The molecule has 0 amide bonds. The number of ether oxygens (including phenoxy) is 4. The summed E-state index contributed by atoms with van der Waals surface area (Å²) in [5.74, 6) is 0.643. The fraction of sp³-hybridized carbons (Fsp3) is 0.633. The largest absolute Gasteiger partial charge is 0.513 e. The monoisotopic (exact) mass is 531 g/mol. The Kier molecular flexibility index (Phi) is 14.6. The highest BCUT2D eigenvalue weighted by Crippen LogP contribution is 2.47.